The molecule has 1 amide bonds. The third-order valence-electron chi connectivity index (χ3n) is 18.7. The van der Waals surface area contributed by atoms with E-state index in [1.54, 1.807) is 0 Å². The Hall–Kier alpha value is -1.14. The number of rotatable bonds is 74. The van der Waals surface area contributed by atoms with Crippen LogP contribution in [0.2, 0.25) is 0 Å². The fourth-order valence-corrected chi connectivity index (χ4v) is 12.8. The Kier molecular flexibility index (Phi) is 72.3. The molecule has 0 aliphatic carbocycles. The summed E-state index contributed by atoms with van der Waals surface area (Å²) < 4.78 is 5.51. The number of carbonyl (C=O) groups is 2. The second-order valence-electron chi connectivity index (χ2n) is 27.1. The monoisotopic (exact) mass is 1170 g/mol. The van der Waals surface area contributed by atoms with Crippen molar-refractivity contribution in [3.63, 3.8) is 0 Å². The van der Waals surface area contributed by atoms with E-state index >= 15 is 0 Å². The molecule has 0 heterocycles. The van der Waals surface area contributed by atoms with Gasteiger partial charge < -0.3 is 20.3 Å². The van der Waals surface area contributed by atoms with Gasteiger partial charge in [0.15, 0.2) is 0 Å². The van der Waals surface area contributed by atoms with Gasteiger partial charge in [-0.05, 0) is 25.7 Å². The lowest BCUT2D eigenvalue weighted by molar-refractivity contribution is -0.143. The van der Waals surface area contributed by atoms with Crippen molar-refractivity contribution in [2.24, 2.45) is 0 Å². The molecule has 0 radical (unpaired) electrons. The summed E-state index contributed by atoms with van der Waals surface area (Å²) in [4.78, 5) is 24.7. The minimum atomic E-state index is -0.664. The quantitative estimate of drug-likeness (QED) is 0.0417. The van der Waals surface area contributed by atoms with E-state index in [1.807, 2.05) is 0 Å². The molecule has 496 valence electrons. The first-order valence-corrected chi connectivity index (χ1v) is 38.8. The average molecular weight is 1170 g/mol. The molecule has 0 fully saturated rings. The van der Waals surface area contributed by atoms with E-state index in [9.17, 15) is 19.8 Å². The van der Waals surface area contributed by atoms with Crippen LogP contribution in [0, 0.1) is 0 Å². The largest absolute Gasteiger partial charge is 0.466 e. The molecular weight excluding hydrogens is 1020 g/mol. The first kappa shape index (κ1) is 81.9. The molecule has 0 aliphatic heterocycles. The minimum Gasteiger partial charge on any atom is -0.466 e. The lowest BCUT2D eigenvalue weighted by Gasteiger charge is -2.22. The molecule has 0 bridgehead atoms. The van der Waals surface area contributed by atoms with Crippen molar-refractivity contribution >= 4 is 11.9 Å². The Morgan fingerprint density at radius 2 is 0.494 bits per heavy atom. The fourth-order valence-electron chi connectivity index (χ4n) is 12.8. The molecule has 0 rings (SSSR count). The van der Waals surface area contributed by atoms with Crippen molar-refractivity contribution in [3.8, 4) is 0 Å². The molecule has 0 aromatic rings. The second kappa shape index (κ2) is 73.3. The first-order chi connectivity index (χ1) is 41.0. The average Bonchev–Trinajstić information content (AvgIpc) is 3.49. The number of aliphatic hydroxyl groups excluding tert-OH is 2. The second-order valence-corrected chi connectivity index (χ2v) is 27.1. The standard InChI is InChI=1S/C77H153NO5/c1-3-5-7-9-11-13-15-17-19-21-22-23-24-26-29-32-35-38-41-45-49-53-57-61-65-69-75(80)74(73-79)78-76(81)70-66-62-58-54-50-46-42-39-36-33-30-27-25-28-31-34-37-40-44-48-52-56-60-64-68-72-83-77(82)71-67-63-59-55-51-47-43-20-18-16-14-12-10-8-6-4-2/h74-75,79-80H,3-73H2,1-2H3,(H,78,81). The van der Waals surface area contributed by atoms with Crippen LogP contribution in [-0.4, -0.2) is 47.4 Å². The molecule has 0 saturated carbocycles. The summed E-state index contributed by atoms with van der Waals surface area (Å²) in [6.45, 7) is 5.02. The van der Waals surface area contributed by atoms with E-state index in [1.165, 1.54) is 385 Å². The van der Waals surface area contributed by atoms with Crippen LogP contribution >= 0.6 is 0 Å². The van der Waals surface area contributed by atoms with E-state index in [-0.39, 0.29) is 18.5 Å². The van der Waals surface area contributed by atoms with E-state index in [2.05, 4.69) is 19.2 Å². The molecule has 2 atom stereocenters. The van der Waals surface area contributed by atoms with Gasteiger partial charge in [-0.25, -0.2) is 0 Å². The zero-order valence-corrected chi connectivity index (χ0v) is 57.0. The highest BCUT2D eigenvalue weighted by Crippen LogP contribution is 2.20. The molecule has 0 saturated heterocycles. The van der Waals surface area contributed by atoms with Gasteiger partial charge >= 0.3 is 5.97 Å². The van der Waals surface area contributed by atoms with Crippen molar-refractivity contribution < 1.29 is 24.5 Å². The Labute approximate surface area is 521 Å². The van der Waals surface area contributed by atoms with Crippen molar-refractivity contribution in [1.82, 2.24) is 5.32 Å². The Morgan fingerprint density at radius 3 is 0.735 bits per heavy atom. The molecule has 2 unspecified atom stereocenters. The summed E-state index contributed by atoms with van der Waals surface area (Å²) in [5, 5.41) is 23.5. The first-order valence-electron chi connectivity index (χ1n) is 38.8. The van der Waals surface area contributed by atoms with Crippen LogP contribution in [0.25, 0.3) is 0 Å². The lowest BCUT2D eigenvalue weighted by atomic mass is 10.0. The van der Waals surface area contributed by atoms with E-state index in [0.29, 0.717) is 25.9 Å². The summed E-state index contributed by atoms with van der Waals surface area (Å²) in [5.74, 6) is -0.00490. The highest BCUT2D eigenvalue weighted by molar-refractivity contribution is 5.76. The third kappa shape index (κ3) is 69.8. The van der Waals surface area contributed by atoms with Crippen molar-refractivity contribution in [1.29, 1.82) is 0 Å². The van der Waals surface area contributed by atoms with Gasteiger partial charge in [-0.2, -0.15) is 0 Å². The molecule has 83 heavy (non-hydrogen) atoms. The Bertz CT molecular complexity index is 1210. The maximum absolute atomic E-state index is 12.6. The maximum Gasteiger partial charge on any atom is 0.305 e. The highest BCUT2D eigenvalue weighted by atomic mass is 16.5. The maximum atomic E-state index is 12.6. The zero-order valence-electron chi connectivity index (χ0n) is 57.0. The normalized spacial score (nSPS) is 12.4. The molecule has 3 N–H and O–H groups in total. The van der Waals surface area contributed by atoms with Gasteiger partial charge in [0.05, 0.1) is 25.4 Å². The summed E-state index contributed by atoms with van der Waals surface area (Å²) in [6, 6.07) is -0.541. The van der Waals surface area contributed by atoms with Crippen LogP contribution in [0.15, 0.2) is 0 Å². The number of carbonyl (C=O) groups excluding carboxylic acids is 2. The molecule has 0 spiro atoms. The number of hydrogen-bond donors (Lipinski definition) is 3. The zero-order chi connectivity index (χ0) is 59.9. The van der Waals surface area contributed by atoms with Crippen LogP contribution in [0.3, 0.4) is 0 Å². The topological polar surface area (TPSA) is 95.9 Å². The third-order valence-corrected chi connectivity index (χ3v) is 18.7. The summed E-state index contributed by atoms with van der Waals surface area (Å²) >= 11 is 0. The predicted molar refractivity (Wildman–Crippen MR) is 366 cm³/mol. The number of ether oxygens (including phenoxy) is 1. The minimum absolute atomic E-state index is 0.0217. The predicted octanol–water partition coefficient (Wildman–Crippen LogP) is 25.3. The van der Waals surface area contributed by atoms with Gasteiger partial charge in [0.25, 0.3) is 0 Å². The Morgan fingerprint density at radius 1 is 0.289 bits per heavy atom. The van der Waals surface area contributed by atoms with E-state index < -0.39 is 12.1 Å². The number of nitrogens with one attached hydrogen (secondary N) is 1. The van der Waals surface area contributed by atoms with Crippen LogP contribution in [0.5, 0.6) is 0 Å². The van der Waals surface area contributed by atoms with Crippen LogP contribution in [0.4, 0.5) is 0 Å². The summed E-state index contributed by atoms with van der Waals surface area (Å²) in [5.41, 5.74) is 0. The van der Waals surface area contributed by atoms with E-state index in [4.69, 9.17) is 4.74 Å². The summed E-state index contributed by atoms with van der Waals surface area (Å²) in [6.07, 6.45) is 90.4. The van der Waals surface area contributed by atoms with Crippen molar-refractivity contribution in [3.05, 3.63) is 0 Å². The molecular formula is C77H153NO5. The fraction of sp³-hybridized carbons (Fsp3) is 0.974. The van der Waals surface area contributed by atoms with Crippen LogP contribution < -0.4 is 5.32 Å². The van der Waals surface area contributed by atoms with Gasteiger partial charge in [-0.1, -0.05) is 418 Å². The molecule has 0 aromatic heterocycles. The number of amides is 1. The highest BCUT2D eigenvalue weighted by Gasteiger charge is 2.20. The van der Waals surface area contributed by atoms with Crippen molar-refractivity contribution in [2.75, 3.05) is 13.2 Å². The van der Waals surface area contributed by atoms with Crippen molar-refractivity contribution in [2.45, 2.75) is 469 Å². The molecule has 0 aliphatic rings. The lowest BCUT2D eigenvalue weighted by Crippen LogP contribution is -2.45. The molecule has 6 nitrogen and oxygen atoms in total. The number of unbranched alkanes of at least 4 members (excludes halogenated alkanes) is 63. The molecule has 6 heteroatoms. The number of hydrogen-bond acceptors (Lipinski definition) is 5. The molecule has 0 aromatic carbocycles. The van der Waals surface area contributed by atoms with Crippen LogP contribution in [-0.2, 0) is 14.3 Å². The summed E-state index contributed by atoms with van der Waals surface area (Å²) in [7, 11) is 0. The number of aliphatic hydroxyl groups is 2. The smallest absolute Gasteiger partial charge is 0.305 e. The van der Waals surface area contributed by atoms with Gasteiger partial charge in [0.2, 0.25) is 5.91 Å². The van der Waals surface area contributed by atoms with Gasteiger partial charge in [0, 0.05) is 12.8 Å². The van der Waals surface area contributed by atoms with E-state index in [0.717, 1.165) is 38.5 Å². The van der Waals surface area contributed by atoms with Gasteiger partial charge in [-0.3, -0.25) is 9.59 Å². The Balaban J connectivity index is 3.34. The SMILES string of the molecule is CCCCCCCCCCCCCCCCCCCCCCCCCCCC(O)C(CO)NC(=O)CCCCCCCCCCCCCCCCCCCCCCCCCCCOC(=O)CCCCCCCCCCCCCCCCCC. The van der Waals surface area contributed by atoms with Gasteiger partial charge in [-0.15, -0.1) is 0 Å². The van der Waals surface area contributed by atoms with Gasteiger partial charge in [0.1, 0.15) is 0 Å². The van der Waals surface area contributed by atoms with Crippen LogP contribution in [0.1, 0.15) is 457 Å². The number of esters is 1.